The first kappa shape index (κ1) is 12.0. The van der Waals surface area contributed by atoms with Crippen molar-refractivity contribution >= 4 is 33.3 Å². The number of rotatable bonds is 2. The predicted octanol–water partition coefficient (Wildman–Crippen LogP) is 1.87. The molecule has 1 amide bonds. The Bertz CT molecular complexity index is 695. The van der Waals surface area contributed by atoms with Crippen molar-refractivity contribution in [3.8, 4) is 0 Å². The van der Waals surface area contributed by atoms with E-state index in [1.807, 2.05) is 0 Å². The molecule has 0 spiro atoms. The number of benzene rings is 1. The minimum absolute atomic E-state index is 0.170. The van der Waals surface area contributed by atoms with E-state index < -0.39 is 11.7 Å². The number of Topliss-reactive ketones (excluding diaryl/α,β-unsaturated/α-hetero) is 1. The molecule has 6 nitrogen and oxygen atoms in total. The molecule has 1 aromatic heterocycles. The number of hydrogen-bond acceptors (Lipinski definition) is 5. The number of amides is 1. The maximum Gasteiger partial charge on any atom is 0.299 e. The molecule has 0 radical (unpaired) electrons. The maximum atomic E-state index is 12.0. The van der Waals surface area contributed by atoms with E-state index >= 15 is 0 Å². The summed E-state index contributed by atoms with van der Waals surface area (Å²) in [5, 5.41) is 7.39. The molecular formula is C12H8BrN3O3. The van der Waals surface area contributed by atoms with Crippen LogP contribution < -0.4 is 4.90 Å². The average Bonchev–Trinajstić information content (AvgIpc) is 2.89. The Morgan fingerprint density at radius 2 is 2.11 bits per heavy atom. The number of ketones is 1. The van der Waals surface area contributed by atoms with Gasteiger partial charge in [0.25, 0.3) is 11.7 Å². The molecule has 0 atom stereocenters. The Hall–Kier alpha value is -2.02. The highest BCUT2D eigenvalue weighted by atomic mass is 79.9. The lowest BCUT2D eigenvalue weighted by Gasteiger charge is -2.14. The van der Waals surface area contributed by atoms with E-state index in [1.54, 1.807) is 25.1 Å². The number of nitrogens with zero attached hydrogens (tertiary/aromatic N) is 3. The van der Waals surface area contributed by atoms with E-state index in [-0.39, 0.29) is 6.54 Å². The molecule has 2 aromatic rings. The van der Waals surface area contributed by atoms with Crippen LogP contribution in [0.1, 0.15) is 21.7 Å². The summed E-state index contributed by atoms with van der Waals surface area (Å²) in [6.07, 6.45) is 0. The van der Waals surface area contributed by atoms with Crippen molar-refractivity contribution in [2.24, 2.45) is 0 Å². The summed E-state index contributed by atoms with van der Waals surface area (Å²) in [6, 6.07) is 5.23. The number of fused-ring (bicyclic) bond motifs is 1. The molecule has 1 aliphatic rings. The number of carbonyl (C=O) groups excluding carboxylic acids is 2. The van der Waals surface area contributed by atoms with E-state index in [0.29, 0.717) is 27.1 Å². The zero-order valence-electron chi connectivity index (χ0n) is 9.88. The molecule has 3 rings (SSSR count). The lowest BCUT2D eigenvalue weighted by atomic mass is 10.1. The van der Waals surface area contributed by atoms with Crippen molar-refractivity contribution in [2.75, 3.05) is 4.90 Å². The van der Waals surface area contributed by atoms with Crippen LogP contribution in [0.4, 0.5) is 5.69 Å². The quantitative estimate of drug-likeness (QED) is 0.789. The largest absolute Gasteiger partial charge is 0.299 e. The molecule has 1 aliphatic heterocycles. The van der Waals surface area contributed by atoms with Crippen molar-refractivity contribution in [3.05, 3.63) is 39.6 Å². The Balaban J connectivity index is 2.05. The summed E-state index contributed by atoms with van der Waals surface area (Å²) in [4.78, 5) is 25.4. The summed E-state index contributed by atoms with van der Waals surface area (Å²) < 4.78 is 5.21. The first-order valence-corrected chi connectivity index (χ1v) is 6.31. The number of aromatic nitrogens is 2. The van der Waals surface area contributed by atoms with Crippen LogP contribution in [0.5, 0.6) is 0 Å². The molecule has 0 N–H and O–H groups in total. The lowest BCUT2D eigenvalue weighted by molar-refractivity contribution is -0.114. The standard InChI is InChI=1S/C12H8BrN3O3/c1-6-8(15-19-14-6)5-16-9-4-2-3-7(13)10(9)11(17)12(16)18/h2-4H,5H2,1H3. The summed E-state index contributed by atoms with van der Waals surface area (Å²) in [5.74, 6) is -1.08. The fourth-order valence-electron chi connectivity index (χ4n) is 2.00. The van der Waals surface area contributed by atoms with Crippen molar-refractivity contribution in [1.29, 1.82) is 0 Å². The summed E-state index contributed by atoms with van der Waals surface area (Å²) >= 11 is 3.29. The van der Waals surface area contributed by atoms with Crippen LogP contribution in [0, 0.1) is 6.92 Å². The fraction of sp³-hybridized carbons (Fsp3) is 0.167. The Labute approximate surface area is 116 Å². The third-order valence-corrected chi connectivity index (χ3v) is 3.66. The van der Waals surface area contributed by atoms with E-state index in [2.05, 4.69) is 30.9 Å². The van der Waals surface area contributed by atoms with Gasteiger partial charge in [-0.15, -0.1) is 0 Å². The Kier molecular flexibility index (Phi) is 2.70. The first-order chi connectivity index (χ1) is 9.09. The van der Waals surface area contributed by atoms with E-state index in [0.717, 1.165) is 0 Å². The molecule has 0 saturated carbocycles. The molecule has 1 aromatic carbocycles. The van der Waals surface area contributed by atoms with Gasteiger partial charge in [-0.3, -0.25) is 14.5 Å². The van der Waals surface area contributed by atoms with Crippen molar-refractivity contribution in [1.82, 2.24) is 10.3 Å². The molecule has 0 bridgehead atoms. The van der Waals surface area contributed by atoms with Crippen molar-refractivity contribution in [2.45, 2.75) is 13.5 Å². The number of halogens is 1. The molecule has 0 saturated heterocycles. The highest BCUT2D eigenvalue weighted by Gasteiger charge is 2.37. The van der Waals surface area contributed by atoms with Gasteiger partial charge in [0.05, 0.1) is 17.8 Å². The van der Waals surface area contributed by atoms with Crippen LogP contribution in [0.3, 0.4) is 0 Å². The van der Waals surface area contributed by atoms with Gasteiger partial charge in [0.15, 0.2) is 0 Å². The van der Waals surface area contributed by atoms with Gasteiger partial charge in [0.2, 0.25) is 0 Å². The summed E-state index contributed by atoms with van der Waals surface area (Å²) in [5.41, 5.74) is 2.10. The Morgan fingerprint density at radius 3 is 2.79 bits per heavy atom. The lowest BCUT2D eigenvalue weighted by Crippen LogP contribution is -2.29. The SMILES string of the molecule is Cc1nonc1CN1C(=O)C(=O)c2c(Br)cccc21. The fourth-order valence-corrected chi connectivity index (χ4v) is 2.54. The van der Waals surface area contributed by atoms with Crippen LogP contribution in [0.25, 0.3) is 0 Å². The smallest absolute Gasteiger partial charge is 0.299 e. The van der Waals surface area contributed by atoms with Gasteiger partial charge >= 0.3 is 0 Å². The van der Waals surface area contributed by atoms with Crippen molar-refractivity contribution in [3.63, 3.8) is 0 Å². The summed E-state index contributed by atoms with van der Waals surface area (Å²) in [6.45, 7) is 1.90. The molecule has 2 heterocycles. The average molecular weight is 322 g/mol. The van der Waals surface area contributed by atoms with Gasteiger partial charge in [0.1, 0.15) is 11.4 Å². The molecule has 96 valence electrons. The first-order valence-electron chi connectivity index (χ1n) is 5.52. The van der Waals surface area contributed by atoms with Crippen LogP contribution in [0.15, 0.2) is 27.3 Å². The summed E-state index contributed by atoms with van der Waals surface area (Å²) in [7, 11) is 0. The number of hydrogen-bond donors (Lipinski definition) is 0. The molecule has 7 heteroatoms. The van der Waals surface area contributed by atoms with E-state index in [9.17, 15) is 9.59 Å². The molecular weight excluding hydrogens is 314 g/mol. The minimum atomic E-state index is -0.565. The molecule has 19 heavy (non-hydrogen) atoms. The second-order valence-electron chi connectivity index (χ2n) is 4.15. The zero-order chi connectivity index (χ0) is 13.6. The molecule has 0 aliphatic carbocycles. The van der Waals surface area contributed by atoms with Gasteiger partial charge < -0.3 is 0 Å². The van der Waals surface area contributed by atoms with Crippen LogP contribution in [0.2, 0.25) is 0 Å². The second-order valence-corrected chi connectivity index (χ2v) is 5.01. The molecule has 0 unspecified atom stereocenters. The minimum Gasteiger partial charge on any atom is -0.299 e. The normalized spacial score (nSPS) is 14.1. The second kappa shape index (κ2) is 4.27. The highest BCUT2D eigenvalue weighted by Crippen LogP contribution is 2.35. The maximum absolute atomic E-state index is 12.0. The monoisotopic (exact) mass is 321 g/mol. The van der Waals surface area contributed by atoms with Gasteiger partial charge in [-0.2, -0.15) is 0 Å². The van der Waals surface area contributed by atoms with Crippen LogP contribution in [-0.2, 0) is 11.3 Å². The van der Waals surface area contributed by atoms with Crippen molar-refractivity contribution < 1.29 is 14.2 Å². The third kappa shape index (κ3) is 1.77. The van der Waals surface area contributed by atoms with Crippen LogP contribution >= 0.6 is 15.9 Å². The molecule has 0 fully saturated rings. The van der Waals surface area contributed by atoms with Gasteiger partial charge in [-0.1, -0.05) is 16.4 Å². The number of anilines is 1. The highest BCUT2D eigenvalue weighted by molar-refractivity contribution is 9.10. The van der Waals surface area contributed by atoms with E-state index in [1.165, 1.54) is 4.90 Å². The van der Waals surface area contributed by atoms with Gasteiger partial charge in [0, 0.05) is 4.47 Å². The number of aryl methyl sites for hydroxylation is 1. The topological polar surface area (TPSA) is 76.3 Å². The third-order valence-electron chi connectivity index (χ3n) is 3.00. The van der Waals surface area contributed by atoms with Crippen LogP contribution in [-0.4, -0.2) is 22.0 Å². The van der Waals surface area contributed by atoms with Gasteiger partial charge in [-0.05, 0) is 35.0 Å². The van der Waals surface area contributed by atoms with Gasteiger partial charge in [-0.25, -0.2) is 4.63 Å². The van der Waals surface area contributed by atoms with E-state index in [4.69, 9.17) is 0 Å². The predicted molar refractivity (Wildman–Crippen MR) is 68.7 cm³/mol. The zero-order valence-corrected chi connectivity index (χ0v) is 11.5. The number of carbonyl (C=O) groups is 2. The Morgan fingerprint density at radius 1 is 1.32 bits per heavy atom.